The molecule has 0 atom stereocenters. The van der Waals surface area contributed by atoms with Gasteiger partial charge >= 0.3 is 0 Å². The van der Waals surface area contributed by atoms with Crippen LogP contribution in [0.25, 0.3) is 16.7 Å². The van der Waals surface area contributed by atoms with Gasteiger partial charge in [-0.25, -0.2) is 0 Å². The summed E-state index contributed by atoms with van der Waals surface area (Å²) in [4.78, 5) is 27.9. The van der Waals surface area contributed by atoms with Gasteiger partial charge in [0.05, 0.1) is 7.11 Å². The highest BCUT2D eigenvalue weighted by atomic mass is 16.5. The summed E-state index contributed by atoms with van der Waals surface area (Å²) in [6, 6.07) is 21.1. The summed E-state index contributed by atoms with van der Waals surface area (Å²) in [6.45, 7) is 0. The van der Waals surface area contributed by atoms with E-state index in [-0.39, 0.29) is 23.0 Å². The van der Waals surface area contributed by atoms with Crippen LogP contribution in [0.2, 0.25) is 0 Å². The smallest absolute Gasteiger partial charge is 0.216 e. The predicted octanol–water partition coefficient (Wildman–Crippen LogP) is 3.80. The zero-order valence-electron chi connectivity index (χ0n) is 16.0. The van der Waals surface area contributed by atoms with Crippen molar-refractivity contribution >= 4 is 34.0 Å². The van der Waals surface area contributed by atoms with E-state index in [1.165, 1.54) is 4.80 Å². The van der Waals surface area contributed by atoms with E-state index in [0.717, 1.165) is 0 Å². The Hall–Kier alpha value is -4.26. The number of benzene rings is 3. The molecule has 1 aromatic heterocycles. The third-order valence-corrected chi connectivity index (χ3v) is 4.94. The minimum atomic E-state index is -0.318. The summed E-state index contributed by atoms with van der Waals surface area (Å²) in [5.41, 5.74) is 2.80. The maximum atomic E-state index is 13.4. The van der Waals surface area contributed by atoms with Crippen LogP contribution in [0.4, 0.5) is 5.69 Å². The van der Waals surface area contributed by atoms with Crippen LogP contribution in [0.3, 0.4) is 0 Å². The minimum Gasteiger partial charge on any atom is -0.497 e. The van der Waals surface area contributed by atoms with E-state index in [1.807, 2.05) is 12.1 Å². The van der Waals surface area contributed by atoms with Gasteiger partial charge in [0.15, 0.2) is 5.70 Å². The number of fused-ring (bicyclic) bond motifs is 2. The van der Waals surface area contributed by atoms with Crippen molar-refractivity contribution in [2.75, 3.05) is 12.4 Å². The average molecular weight is 396 g/mol. The van der Waals surface area contributed by atoms with Crippen molar-refractivity contribution < 1.29 is 14.3 Å². The topological polar surface area (TPSA) is 86.1 Å². The lowest BCUT2D eigenvalue weighted by molar-refractivity contribution is 0.0987. The second-order valence-corrected chi connectivity index (χ2v) is 6.76. The fourth-order valence-electron chi connectivity index (χ4n) is 3.45. The van der Waals surface area contributed by atoms with Crippen LogP contribution in [0, 0.1) is 0 Å². The van der Waals surface area contributed by atoms with E-state index >= 15 is 0 Å². The van der Waals surface area contributed by atoms with Gasteiger partial charge in [-0.15, -0.1) is 15.0 Å². The fourth-order valence-corrected chi connectivity index (χ4v) is 3.45. The highest BCUT2D eigenvalue weighted by molar-refractivity contribution is 6.38. The molecule has 0 amide bonds. The molecule has 0 unspecified atom stereocenters. The molecular formula is C23H16N4O3. The van der Waals surface area contributed by atoms with Crippen LogP contribution in [0.5, 0.6) is 5.75 Å². The van der Waals surface area contributed by atoms with Crippen LogP contribution in [-0.4, -0.2) is 33.7 Å². The molecule has 30 heavy (non-hydrogen) atoms. The summed E-state index contributed by atoms with van der Waals surface area (Å²) in [5, 5.41) is 12.0. The summed E-state index contributed by atoms with van der Waals surface area (Å²) in [6.07, 6.45) is 0. The first-order valence-corrected chi connectivity index (χ1v) is 9.32. The molecule has 5 rings (SSSR count). The largest absolute Gasteiger partial charge is 0.497 e. The molecule has 0 fully saturated rings. The number of methoxy groups -OCH3 is 1. The second-order valence-electron chi connectivity index (χ2n) is 6.76. The van der Waals surface area contributed by atoms with Gasteiger partial charge in [0, 0.05) is 16.8 Å². The molecule has 4 aromatic rings. The van der Waals surface area contributed by atoms with Crippen LogP contribution < -0.4 is 10.1 Å². The first-order valence-electron chi connectivity index (χ1n) is 9.32. The zero-order chi connectivity index (χ0) is 20.7. The minimum absolute atomic E-state index is 0.0886. The standard InChI is InChI=1S/C23H16N4O3/c1-30-15-12-10-14(11-13-15)24-20-21(27-25-18-8-4-5-9-19(18)26-27)23(29)17-7-3-2-6-16(17)22(20)28/h2-13,24H,1H3. The van der Waals surface area contributed by atoms with Gasteiger partial charge in [0.25, 0.3) is 0 Å². The second kappa shape index (κ2) is 6.97. The molecule has 0 bridgehead atoms. The fraction of sp³-hybridized carbons (Fsp3) is 0.0435. The van der Waals surface area contributed by atoms with Crippen molar-refractivity contribution in [3.8, 4) is 5.75 Å². The van der Waals surface area contributed by atoms with Crippen LogP contribution in [-0.2, 0) is 0 Å². The van der Waals surface area contributed by atoms with E-state index in [1.54, 1.807) is 67.8 Å². The predicted molar refractivity (Wildman–Crippen MR) is 112 cm³/mol. The Kier molecular flexibility index (Phi) is 4.14. The third-order valence-electron chi connectivity index (χ3n) is 4.94. The molecule has 1 aliphatic carbocycles. The number of nitrogens with zero attached hydrogens (tertiary/aromatic N) is 3. The van der Waals surface area contributed by atoms with Gasteiger partial charge in [0.1, 0.15) is 22.5 Å². The monoisotopic (exact) mass is 396 g/mol. The van der Waals surface area contributed by atoms with E-state index in [9.17, 15) is 9.59 Å². The molecule has 7 heteroatoms. The third kappa shape index (κ3) is 2.84. The quantitative estimate of drug-likeness (QED) is 0.565. The Morgan fingerprint density at radius 3 is 1.93 bits per heavy atom. The Balaban J connectivity index is 1.69. The number of carbonyl (C=O) groups is 2. The van der Waals surface area contributed by atoms with E-state index in [0.29, 0.717) is 33.6 Å². The number of allylic oxidation sites excluding steroid dienone is 2. The van der Waals surface area contributed by atoms with Crippen LogP contribution in [0.1, 0.15) is 20.7 Å². The van der Waals surface area contributed by atoms with Gasteiger partial charge in [-0.05, 0) is 36.4 Å². The van der Waals surface area contributed by atoms with Crippen LogP contribution in [0.15, 0.2) is 78.5 Å². The molecule has 0 aliphatic heterocycles. The number of hydrogen-bond acceptors (Lipinski definition) is 6. The number of carbonyl (C=O) groups excluding carboxylic acids is 2. The summed E-state index contributed by atoms with van der Waals surface area (Å²) in [5.74, 6) is 0.0741. The lowest BCUT2D eigenvalue weighted by atomic mass is 9.90. The lowest BCUT2D eigenvalue weighted by Crippen LogP contribution is -2.28. The zero-order valence-corrected chi connectivity index (χ0v) is 16.0. The van der Waals surface area contributed by atoms with Gasteiger partial charge in [-0.2, -0.15) is 0 Å². The molecule has 7 nitrogen and oxygen atoms in total. The highest BCUT2D eigenvalue weighted by Gasteiger charge is 2.34. The van der Waals surface area contributed by atoms with Crippen molar-refractivity contribution in [3.05, 3.63) is 89.6 Å². The number of rotatable bonds is 4. The first-order chi connectivity index (χ1) is 14.7. The molecule has 0 spiro atoms. The Bertz CT molecular complexity index is 1300. The summed E-state index contributed by atoms with van der Waals surface area (Å²) < 4.78 is 5.18. The number of hydrogen-bond donors (Lipinski definition) is 1. The first kappa shape index (κ1) is 17.8. The van der Waals surface area contributed by atoms with Gasteiger partial charge in [0.2, 0.25) is 11.6 Å². The van der Waals surface area contributed by atoms with E-state index in [4.69, 9.17) is 4.74 Å². The molecule has 0 saturated heterocycles. The van der Waals surface area contributed by atoms with Crippen molar-refractivity contribution in [3.63, 3.8) is 0 Å². The summed E-state index contributed by atoms with van der Waals surface area (Å²) >= 11 is 0. The molecule has 1 aliphatic rings. The number of aromatic nitrogens is 3. The van der Waals surface area contributed by atoms with Crippen molar-refractivity contribution in [2.45, 2.75) is 0 Å². The number of Topliss-reactive ketones (excluding diaryl/α,β-unsaturated/α-hetero) is 2. The molecular weight excluding hydrogens is 380 g/mol. The van der Waals surface area contributed by atoms with Gasteiger partial charge in [-0.3, -0.25) is 9.59 Å². The van der Waals surface area contributed by atoms with E-state index < -0.39 is 0 Å². The summed E-state index contributed by atoms with van der Waals surface area (Å²) in [7, 11) is 1.58. The maximum Gasteiger partial charge on any atom is 0.216 e. The van der Waals surface area contributed by atoms with Crippen molar-refractivity contribution in [1.29, 1.82) is 0 Å². The average Bonchev–Trinajstić information content (AvgIpc) is 3.21. The SMILES string of the molecule is COc1ccc(NC2=C(n3nc4ccccc4n3)C(=O)c3ccccc3C2=O)cc1. The normalized spacial score (nSPS) is 13.5. The Labute approximate surface area is 171 Å². The molecule has 1 heterocycles. The number of anilines is 1. The van der Waals surface area contributed by atoms with Gasteiger partial charge in [-0.1, -0.05) is 36.4 Å². The highest BCUT2D eigenvalue weighted by Crippen LogP contribution is 2.30. The number of nitrogens with one attached hydrogen (secondary N) is 1. The Morgan fingerprint density at radius 2 is 1.33 bits per heavy atom. The maximum absolute atomic E-state index is 13.4. The lowest BCUT2D eigenvalue weighted by Gasteiger charge is -2.21. The van der Waals surface area contributed by atoms with E-state index in [2.05, 4.69) is 15.5 Å². The number of ether oxygens (including phenoxy) is 1. The molecule has 0 saturated carbocycles. The molecule has 1 N–H and O–H groups in total. The van der Waals surface area contributed by atoms with Crippen molar-refractivity contribution in [1.82, 2.24) is 15.0 Å². The van der Waals surface area contributed by atoms with Crippen LogP contribution >= 0.6 is 0 Å². The number of ketones is 2. The Morgan fingerprint density at radius 1 is 0.767 bits per heavy atom. The molecule has 0 radical (unpaired) electrons. The molecule has 3 aromatic carbocycles. The molecule has 146 valence electrons. The van der Waals surface area contributed by atoms with Gasteiger partial charge < -0.3 is 10.1 Å². The van der Waals surface area contributed by atoms with Crippen molar-refractivity contribution in [2.24, 2.45) is 0 Å².